The number of aromatic nitrogens is 4. The van der Waals surface area contributed by atoms with Crippen LogP contribution in [0.1, 0.15) is 15.9 Å². The Morgan fingerprint density at radius 3 is 2.45 bits per heavy atom. The van der Waals surface area contributed by atoms with Gasteiger partial charge in [0.25, 0.3) is 11.5 Å². The fourth-order valence-corrected chi connectivity index (χ4v) is 3.14. The quantitative estimate of drug-likeness (QED) is 0.513. The lowest BCUT2D eigenvalue weighted by Crippen LogP contribution is -2.29. The molecule has 2 heterocycles. The third-order valence-corrected chi connectivity index (χ3v) is 4.69. The molecule has 0 fully saturated rings. The molecule has 10 heteroatoms. The molecule has 31 heavy (non-hydrogen) atoms. The molecule has 2 aromatic heterocycles. The van der Waals surface area contributed by atoms with E-state index in [0.717, 1.165) is 17.7 Å². The number of fused-ring (bicyclic) bond motifs is 1. The van der Waals surface area contributed by atoms with E-state index in [1.54, 1.807) is 12.1 Å². The highest BCUT2D eigenvalue weighted by molar-refractivity contribution is 5.94. The van der Waals surface area contributed by atoms with Gasteiger partial charge in [0.05, 0.1) is 19.3 Å². The van der Waals surface area contributed by atoms with E-state index >= 15 is 0 Å². The average Bonchev–Trinajstić information content (AvgIpc) is 3.15. The topological polar surface area (TPSA) is 81.8 Å². The summed E-state index contributed by atoms with van der Waals surface area (Å²) in [4.78, 5) is 29.0. The van der Waals surface area contributed by atoms with Crippen LogP contribution in [0.15, 0.2) is 59.8 Å². The number of nitrogens with one attached hydrogen (secondary N) is 1. The average molecular weight is 427 g/mol. The van der Waals surface area contributed by atoms with Crippen molar-refractivity contribution in [1.29, 1.82) is 0 Å². The van der Waals surface area contributed by atoms with Crippen LogP contribution < -0.4 is 10.9 Å². The van der Waals surface area contributed by atoms with Gasteiger partial charge in [-0.3, -0.25) is 14.2 Å². The van der Waals surface area contributed by atoms with Gasteiger partial charge in [0.2, 0.25) is 0 Å². The first-order valence-electron chi connectivity index (χ1n) is 9.31. The summed E-state index contributed by atoms with van der Waals surface area (Å²) >= 11 is 0. The summed E-state index contributed by atoms with van der Waals surface area (Å²) in [6.45, 7) is 0.376. The molecule has 0 radical (unpaired) electrons. The van der Waals surface area contributed by atoms with E-state index in [2.05, 4.69) is 15.4 Å². The van der Waals surface area contributed by atoms with E-state index in [4.69, 9.17) is 0 Å². The summed E-state index contributed by atoms with van der Waals surface area (Å²) in [5.41, 5.74) is 0.0690. The van der Waals surface area contributed by atoms with Crippen LogP contribution >= 0.6 is 0 Å². The molecule has 4 aromatic rings. The smallest absolute Gasteiger partial charge is 0.264 e. The highest BCUT2D eigenvalue weighted by Crippen LogP contribution is 2.12. The van der Waals surface area contributed by atoms with E-state index in [0.29, 0.717) is 5.65 Å². The number of hydrogen-bond acceptors (Lipinski definition) is 4. The summed E-state index contributed by atoms with van der Waals surface area (Å²) in [6, 6.07) is 8.95. The third-order valence-electron chi connectivity index (χ3n) is 4.69. The molecule has 0 spiro atoms. The number of nitrogens with zero attached hydrogens (tertiary/aromatic N) is 4. The van der Waals surface area contributed by atoms with Crippen molar-refractivity contribution >= 4 is 16.9 Å². The minimum atomic E-state index is -0.953. The summed E-state index contributed by atoms with van der Waals surface area (Å²) in [7, 11) is 0. The van der Waals surface area contributed by atoms with Crippen LogP contribution in [-0.4, -0.2) is 31.8 Å². The van der Waals surface area contributed by atoms with Crippen LogP contribution in [0, 0.1) is 17.5 Å². The number of amides is 1. The van der Waals surface area contributed by atoms with Crippen LogP contribution in [0.5, 0.6) is 0 Å². The first-order valence-corrected chi connectivity index (χ1v) is 9.31. The van der Waals surface area contributed by atoms with Gasteiger partial charge in [0.1, 0.15) is 34.7 Å². The summed E-state index contributed by atoms with van der Waals surface area (Å²) in [5, 5.41) is 6.81. The molecule has 0 atom stereocenters. The summed E-state index contributed by atoms with van der Waals surface area (Å²) < 4.78 is 43.2. The Morgan fingerprint density at radius 1 is 1.03 bits per heavy atom. The fourth-order valence-electron chi connectivity index (χ4n) is 3.14. The van der Waals surface area contributed by atoms with Crippen molar-refractivity contribution in [2.75, 3.05) is 6.54 Å². The Kier molecular flexibility index (Phi) is 5.52. The Labute approximate surface area is 173 Å². The molecule has 158 valence electrons. The van der Waals surface area contributed by atoms with Crippen molar-refractivity contribution in [3.05, 3.63) is 93.9 Å². The Morgan fingerprint density at radius 2 is 1.74 bits per heavy atom. The predicted octanol–water partition coefficient (Wildman–Crippen LogP) is 2.49. The second-order valence-corrected chi connectivity index (χ2v) is 6.76. The van der Waals surface area contributed by atoms with Crippen LogP contribution in [0.4, 0.5) is 13.2 Å². The SMILES string of the molecule is O=C(NCCn1ncc2c(=O)n(Cc3ccc(F)cc3)cnc21)c1c(F)cccc1F. The molecule has 1 amide bonds. The lowest BCUT2D eigenvalue weighted by Gasteiger charge is -2.08. The Hall–Kier alpha value is -3.95. The van der Waals surface area contributed by atoms with Crippen molar-refractivity contribution in [2.24, 2.45) is 0 Å². The molecule has 0 unspecified atom stereocenters. The molecule has 0 aliphatic heterocycles. The van der Waals surface area contributed by atoms with Gasteiger partial charge in [-0.05, 0) is 29.8 Å². The molecule has 7 nitrogen and oxygen atoms in total. The van der Waals surface area contributed by atoms with Crippen molar-refractivity contribution in [1.82, 2.24) is 24.6 Å². The molecular formula is C21H16F3N5O2. The lowest BCUT2D eigenvalue weighted by molar-refractivity contribution is 0.0943. The zero-order valence-electron chi connectivity index (χ0n) is 16.1. The molecule has 4 rings (SSSR count). The molecule has 0 aliphatic carbocycles. The zero-order chi connectivity index (χ0) is 22.0. The lowest BCUT2D eigenvalue weighted by atomic mass is 10.2. The van der Waals surface area contributed by atoms with Crippen molar-refractivity contribution in [2.45, 2.75) is 13.1 Å². The van der Waals surface area contributed by atoms with Crippen molar-refractivity contribution in [3.8, 4) is 0 Å². The van der Waals surface area contributed by atoms with Crippen LogP contribution in [-0.2, 0) is 13.1 Å². The minimum Gasteiger partial charge on any atom is -0.350 e. The van der Waals surface area contributed by atoms with E-state index < -0.39 is 23.1 Å². The maximum absolute atomic E-state index is 13.7. The number of carbonyl (C=O) groups is 1. The van der Waals surface area contributed by atoms with Gasteiger partial charge < -0.3 is 5.32 Å². The summed E-state index contributed by atoms with van der Waals surface area (Å²) in [5.74, 6) is -3.16. The predicted molar refractivity (Wildman–Crippen MR) is 106 cm³/mol. The standard InChI is InChI=1S/C21H16F3N5O2/c22-14-6-4-13(5-7-14)11-28-12-26-19-15(21(28)31)10-27-29(19)9-8-25-20(30)18-16(23)2-1-3-17(18)24/h1-7,10,12H,8-9,11H2,(H,25,30). The number of carbonyl (C=O) groups excluding carboxylic acids is 1. The second-order valence-electron chi connectivity index (χ2n) is 6.76. The minimum absolute atomic E-state index is 0.0176. The Balaban J connectivity index is 1.47. The Bertz CT molecular complexity index is 1290. The molecule has 0 saturated carbocycles. The molecule has 0 saturated heterocycles. The van der Waals surface area contributed by atoms with Gasteiger partial charge in [-0.1, -0.05) is 18.2 Å². The van der Waals surface area contributed by atoms with Gasteiger partial charge in [0.15, 0.2) is 5.65 Å². The summed E-state index contributed by atoms with van der Waals surface area (Å²) in [6.07, 6.45) is 2.73. The number of benzene rings is 2. The highest BCUT2D eigenvalue weighted by atomic mass is 19.1. The molecular weight excluding hydrogens is 411 g/mol. The number of hydrogen-bond donors (Lipinski definition) is 1. The monoisotopic (exact) mass is 427 g/mol. The van der Waals surface area contributed by atoms with Gasteiger partial charge in [0, 0.05) is 6.54 Å². The second kappa shape index (κ2) is 8.42. The van der Waals surface area contributed by atoms with Crippen molar-refractivity contribution < 1.29 is 18.0 Å². The maximum atomic E-state index is 13.7. The van der Waals surface area contributed by atoms with Gasteiger partial charge in [-0.2, -0.15) is 5.10 Å². The molecule has 1 N–H and O–H groups in total. The maximum Gasteiger partial charge on any atom is 0.264 e. The fraction of sp³-hybridized carbons (Fsp3) is 0.143. The highest BCUT2D eigenvalue weighted by Gasteiger charge is 2.17. The van der Waals surface area contributed by atoms with Gasteiger partial charge >= 0.3 is 0 Å². The first kappa shape index (κ1) is 20.3. The third kappa shape index (κ3) is 4.18. The largest absolute Gasteiger partial charge is 0.350 e. The van der Waals surface area contributed by atoms with Gasteiger partial charge in [-0.15, -0.1) is 0 Å². The van der Waals surface area contributed by atoms with E-state index in [1.807, 2.05) is 0 Å². The zero-order valence-corrected chi connectivity index (χ0v) is 16.1. The van der Waals surface area contributed by atoms with E-state index in [9.17, 15) is 22.8 Å². The first-order chi connectivity index (χ1) is 14.9. The van der Waals surface area contributed by atoms with Crippen LogP contribution in [0.2, 0.25) is 0 Å². The van der Waals surface area contributed by atoms with E-state index in [1.165, 1.54) is 40.0 Å². The van der Waals surface area contributed by atoms with Crippen LogP contribution in [0.25, 0.3) is 11.0 Å². The normalized spacial score (nSPS) is 11.1. The van der Waals surface area contributed by atoms with Gasteiger partial charge in [-0.25, -0.2) is 22.8 Å². The van der Waals surface area contributed by atoms with E-state index in [-0.39, 0.29) is 36.4 Å². The molecule has 0 aliphatic rings. The molecule has 0 bridgehead atoms. The number of halogens is 3. The number of rotatable bonds is 6. The van der Waals surface area contributed by atoms with Crippen molar-refractivity contribution in [3.63, 3.8) is 0 Å². The van der Waals surface area contributed by atoms with Crippen LogP contribution in [0.3, 0.4) is 0 Å². The molecule has 2 aromatic carbocycles.